The Morgan fingerprint density at radius 1 is 1.12 bits per heavy atom. The van der Waals surface area contributed by atoms with E-state index in [1.54, 1.807) is 19.0 Å². The lowest BCUT2D eigenvalue weighted by molar-refractivity contribution is 0.0827. The number of nitrogens with zero attached hydrogens (tertiary/aromatic N) is 1. The van der Waals surface area contributed by atoms with Gasteiger partial charge in [0.25, 0.3) is 5.91 Å². The Morgan fingerprint density at radius 2 is 1.92 bits per heavy atom. The van der Waals surface area contributed by atoms with Gasteiger partial charge in [0.15, 0.2) is 0 Å². The molecule has 0 fully saturated rings. The largest absolute Gasteiger partial charge is 0.459 e. The molecule has 0 spiro atoms. The van der Waals surface area contributed by atoms with Crippen LogP contribution in [0.15, 0.2) is 59.0 Å². The molecular weight excluding hydrogens is 312 g/mol. The molecule has 0 saturated heterocycles. The van der Waals surface area contributed by atoms with Crippen molar-refractivity contribution in [3.63, 3.8) is 0 Å². The molecule has 0 unspecified atom stereocenters. The van der Waals surface area contributed by atoms with Crippen molar-refractivity contribution in [1.82, 2.24) is 10.2 Å². The van der Waals surface area contributed by atoms with Gasteiger partial charge in [0.2, 0.25) is 0 Å². The first-order chi connectivity index (χ1) is 12.0. The molecule has 4 heteroatoms. The average molecular weight is 336 g/mol. The molecule has 130 valence electrons. The molecule has 0 radical (unpaired) electrons. The molecular formula is C21H24N2O2. The van der Waals surface area contributed by atoms with Gasteiger partial charge in [0, 0.05) is 25.0 Å². The molecule has 0 saturated carbocycles. The van der Waals surface area contributed by atoms with Gasteiger partial charge >= 0.3 is 0 Å². The zero-order chi connectivity index (χ0) is 17.8. The molecule has 1 N–H and O–H groups in total. The number of furan rings is 1. The van der Waals surface area contributed by atoms with Gasteiger partial charge in [-0.25, -0.2) is 0 Å². The Bertz CT molecular complexity index is 834. The number of carbonyl (C=O) groups excluding carboxylic acids is 1. The van der Waals surface area contributed by atoms with E-state index in [-0.39, 0.29) is 11.9 Å². The van der Waals surface area contributed by atoms with Crippen molar-refractivity contribution in [3.05, 3.63) is 71.5 Å². The number of benzene rings is 2. The van der Waals surface area contributed by atoms with Crippen LogP contribution in [0.2, 0.25) is 0 Å². The highest BCUT2D eigenvalue weighted by Gasteiger charge is 2.11. The second-order valence-corrected chi connectivity index (χ2v) is 6.51. The first-order valence-corrected chi connectivity index (χ1v) is 8.57. The standard InChI is InChI=1S/C21H24N2O2/c1-15(20-14-17-8-4-5-10-19(17)25-20)22-12-11-16-7-6-9-18(13-16)21(24)23(2)3/h4-10,13-15,22H,11-12H2,1-3H3/t15-/m1/s1. The third-order valence-electron chi connectivity index (χ3n) is 4.32. The summed E-state index contributed by atoms with van der Waals surface area (Å²) in [6.45, 7) is 2.92. The van der Waals surface area contributed by atoms with Crippen LogP contribution in [0.25, 0.3) is 11.0 Å². The van der Waals surface area contributed by atoms with Crippen molar-refractivity contribution in [3.8, 4) is 0 Å². The van der Waals surface area contributed by atoms with Crippen molar-refractivity contribution in [2.24, 2.45) is 0 Å². The molecule has 1 aromatic heterocycles. The number of fused-ring (bicyclic) bond motifs is 1. The number of nitrogens with one attached hydrogen (secondary N) is 1. The summed E-state index contributed by atoms with van der Waals surface area (Å²) in [5.41, 5.74) is 2.80. The van der Waals surface area contributed by atoms with Crippen LogP contribution in [-0.4, -0.2) is 31.4 Å². The summed E-state index contributed by atoms with van der Waals surface area (Å²) < 4.78 is 5.90. The highest BCUT2D eigenvalue weighted by atomic mass is 16.3. The lowest BCUT2D eigenvalue weighted by Gasteiger charge is -2.13. The van der Waals surface area contributed by atoms with E-state index >= 15 is 0 Å². The Kier molecular flexibility index (Phi) is 5.19. The van der Waals surface area contributed by atoms with E-state index in [0.29, 0.717) is 0 Å². The van der Waals surface area contributed by atoms with Gasteiger partial charge in [-0.3, -0.25) is 4.79 Å². The van der Waals surface area contributed by atoms with Crippen molar-refractivity contribution in [2.75, 3.05) is 20.6 Å². The number of carbonyl (C=O) groups is 1. The van der Waals surface area contributed by atoms with Crippen LogP contribution in [0.5, 0.6) is 0 Å². The lowest BCUT2D eigenvalue weighted by Crippen LogP contribution is -2.22. The molecule has 0 aliphatic rings. The van der Waals surface area contributed by atoms with E-state index in [9.17, 15) is 4.79 Å². The molecule has 0 aliphatic carbocycles. The second kappa shape index (κ2) is 7.53. The maximum atomic E-state index is 12.0. The quantitative estimate of drug-likeness (QED) is 0.739. The topological polar surface area (TPSA) is 45.5 Å². The third-order valence-corrected chi connectivity index (χ3v) is 4.32. The van der Waals surface area contributed by atoms with E-state index in [1.165, 1.54) is 0 Å². The Balaban J connectivity index is 1.59. The summed E-state index contributed by atoms with van der Waals surface area (Å²) >= 11 is 0. The summed E-state index contributed by atoms with van der Waals surface area (Å²) in [5.74, 6) is 0.975. The van der Waals surface area contributed by atoms with Crippen molar-refractivity contribution in [1.29, 1.82) is 0 Å². The molecule has 4 nitrogen and oxygen atoms in total. The van der Waals surface area contributed by atoms with E-state index < -0.39 is 0 Å². The van der Waals surface area contributed by atoms with Crippen LogP contribution < -0.4 is 5.32 Å². The zero-order valence-corrected chi connectivity index (χ0v) is 15.0. The SMILES string of the molecule is C[C@@H](NCCc1cccc(C(=O)N(C)C)c1)c1cc2ccccc2o1. The minimum absolute atomic E-state index is 0.0328. The second-order valence-electron chi connectivity index (χ2n) is 6.51. The highest BCUT2D eigenvalue weighted by Crippen LogP contribution is 2.23. The highest BCUT2D eigenvalue weighted by molar-refractivity contribution is 5.94. The Hall–Kier alpha value is -2.59. The van der Waals surface area contributed by atoms with Gasteiger partial charge in [-0.1, -0.05) is 30.3 Å². The van der Waals surface area contributed by atoms with Crippen LogP contribution in [0, 0.1) is 0 Å². The molecule has 25 heavy (non-hydrogen) atoms. The molecule has 1 atom stereocenters. The number of hydrogen-bond donors (Lipinski definition) is 1. The normalized spacial score (nSPS) is 12.3. The van der Waals surface area contributed by atoms with Crippen molar-refractivity contribution >= 4 is 16.9 Å². The number of hydrogen-bond acceptors (Lipinski definition) is 3. The summed E-state index contributed by atoms with van der Waals surface area (Å²) in [6.07, 6.45) is 0.860. The fraction of sp³-hybridized carbons (Fsp3) is 0.286. The molecule has 1 heterocycles. The fourth-order valence-corrected chi connectivity index (χ4v) is 2.87. The first kappa shape index (κ1) is 17.2. The van der Waals surface area contributed by atoms with Gasteiger partial charge in [-0.15, -0.1) is 0 Å². The minimum Gasteiger partial charge on any atom is -0.459 e. The number of rotatable bonds is 6. The summed E-state index contributed by atoms with van der Waals surface area (Å²) in [4.78, 5) is 13.6. The van der Waals surface area contributed by atoms with Crippen LogP contribution in [0.4, 0.5) is 0 Å². The van der Waals surface area contributed by atoms with Gasteiger partial charge in [0.05, 0.1) is 6.04 Å². The molecule has 2 aromatic carbocycles. The zero-order valence-electron chi connectivity index (χ0n) is 15.0. The summed E-state index contributed by atoms with van der Waals surface area (Å²) in [5, 5.41) is 4.62. The van der Waals surface area contributed by atoms with Gasteiger partial charge < -0.3 is 14.6 Å². The predicted octanol–water partition coefficient (Wildman–Crippen LogP) is 4.03. The Labute approximate surface area is 148 Å². The van der Waals surface area contributed by atoms with E-state index in [4.69, 9.17) is 4.42 Å². The monoisotopic (exact) mass is 336 g/mol. The van der Waals surface area contributed by atoms with E-state index in [1.807, 2.05) is 36.4 Å². The van der Waals surface area contributed by atoms with Crippen LogP contribution in [0.3, 0.4) is 0 Å². The maximum Gasteiger partial charge on any atom is 0.253 e. The number of amides is 1. The van der Waals surface area contributed by atoms with Crippen molar-refractivity contribution in [2.45, 2.75) is 19.4 Å². The van der Waals surface area contributed by atoms with Crippen LogP contribution >= 0.6 is 0 Å². The molecule has 0 bridgehead atoms. The number of para-hydroxylation sites is 1. The smallest absolute Gasteiger partial charge is 0.253 e. The molecule has 0 aliphatic heterocycles. The summed E-state index contributed by atoms with van der Waals surface area (Å²) in [6, 6.07) is 18.1. The first-order valence-electron chi connectivity index (χ1n) is 8.57. The minimum atomic E-state index is 0.0328. The molecule has 3 rings (SSSR count). The van der Waals surface area contributed by atoms with Gasteiger partial charge in [0.1, 0.15) is 11.3 Å². The predicted molar refractivity (Wildman–Crippen MR) is 101 cm³/mol. The van der Waals surface area contributed by atoms with Crippen LogP contribution in [0.1, 0.15) is 34.6 Å². The average Bonchev–Trinajstić information content (AvgIpc) is 3.05. The fourth-order valence-electron chi connectivity index (χ4n) is 2.87. The molecule has 3 aromatic rings. The maximum absolute atomic E-state index is 12.0. The van der Waals surface area contributed by atoms with E-state index in [2.05, 4.69) is 30.4 Å². The van der Waals surface area contributed by atoms with Gasteiger partial charge in [-0.05, 0) is 49.7 Å². The van der Waals surface area contributed by atoms with Crippen LogP contribution in [-0.2, 0) is 6.42 Å². The summed E-state index contributed by atoms with van der Waals surface area (Å²) in [7, 11) is 3.54. The third kappa shape index (κ3) is 4.09. The van der Waals surface area contributed by atoms with E-state index in [0.717, 1.165) is 40.8 Å². The van der Waals surface area contributed by atoms with Crippen molar-refractivity contribution < 1.29 is 9.21 Å². The lowest BCUT2D eigenvalue weighted by atomic mass is 10.1. The Morgan fingerprint density at radius 3 is 2.68 bits per heavy atom. The molecule has 1 amide bonds. The van der Waals surface area contributed by atoms with Gasteiger partial charge in [-0.2, -0.15) is 0 Å².